The second-order valence-corrected chi connectivity index (χ2v) is 12.1. The number of nitrogens with zero attached hydrogens (tertiary/aromatic N) is 1. The number of halogens is 2. The summed E-state index contributed by atoms with van der Waals surface area (Å²) in [6.07, 6.45) is 7.37. The van der Waals surface area contributed by atoms with Crippen LogP contribution in [0.15, 0.2) is 53.5 Å². The zero-order valence-corrected chi connectivity index (χ0v) is 25.6. The van der Waals surface area contributed by atoms with Crippen molar-refractivity contribution in [2.45, 2.75) is 103 Å². The second-order valence-electron chi connectivity index (χ2n) is 12.1. The Labute approximate surface area is 253 Å². The van der Waals surface area contributed by atoms with Crippen molar-refractivity contribution in [1.29, 1.82) is 0 Å². The van der Waals surface area contributed by atoms with Crippen LogP contribution in [0, 0.1) is 5.92 Å². The third-order valence-corrected chi connectivity index (χ3v) is 8.06. The molecular formula is C34H44F2N4O3. The number of nitrogens with two attached hydrogens (primary N) is 1. The molecular weight excluding hydrogens is 550 g/mol. The molecule has 0 radical (unpaired) electrons. The molecule has 2 heterocycles. The molecule has 232 valence electrons. The van der Waals surface area contributed by atoms with Crippen molar-refractivity contribution in [3.8, 4) is 5.75 Å². The molecule has 5 rings (SSSR count). The highest BCUT2D eigenvalue weighted by atomic mass is 19.3. The molecule has 3 atom stereocenters. The van der Waals surface area contributed by atoms with Gasteiger partial charge in [0.15, 0.2) is 5.96 Å². The fourth-order valence-electron chi connectivity index (χ4n) is 6.18. The molecule has 0 bridgehead atoms. The minimum atomic E-state index is -2.87. The zero-order valence-electron chi connectivity index (χ0n) is 25.6. The summed E-state index contributed by atoms with van der Waals surface area (Å²) in [7, 11) is 0. The normalized spacial score (nSPS) is 23.4. The number of nitrogens with one attached hydrogen (secondary N) is 2. The van der Waals surface area contributed by atoms with Gasteiger partial charge >= 0.3 is 0 Å². The van der Waals surface area contributed by atoms with Gasteiger partial charge in [-0.1, -0.05) is 56.3 Å². The van der Waals surface area contributed by atoms with Crippen molar-refractivity contribution in [2.75, 3.05) is 0 Å². The molecule has 7 nitrogen and oxygen atoms in total. The van der Waals surface area contributed by atoms with Gasteiger partial charge in [-0.25, -0.2) is 13.8 Å². The zero-order chi connectivity index (χ0) is 31.2. The number of fused-ring (bicyclic) bond motifs is 2. The van der Waals surface area contributed by atoms with Gasteiger partial charge in [0.25, 0.3) is 5.92 Å². The van der Waals surface area contributed by atoms with Crippen LogP contribution in [0.1, 0.15) is 101 Å². The van der Waals surface area contributed by atoms with E-state index in [-0.39, 0.29) is 54.2 Å². The van der Waals surface area contributed by atoms with Gasteiger partial charge in [0.1, 0.15) is 11.4 Å². The Morgan fingerprint density at radius 3 is 2.67 bits per heavy atom. The molecule has 0 saturated heterocycles. The van der Waals surface area contributed by atoms with Gasteiger partial charge in [-0.3, -0.25) is 14.9 Å². The lowest BCUT2D eigenvalue weighted by Crippen LogP contribution is -2.43. The van der Waals surface area contributed by atoms with E-state index < -0.39 is 11.5 Å². The number of ether oxygens (including phenoxy) is 1. The maximum atomic E-state index is 14.7. The number of rotatable bonds is 8. The van der Waals surface area contributed by atoms with Gasteiger partial charge in [-0.15, -0.1) is 0 Å². The number of hydrogen-bond acceptors (Lipinski definition) is 5. The third kappa shape index (κ3) is 8.42. The summed E-state index contributed by atoms with van der Waals surface area (Å²) >= 11 is 0. The van der Waals surface area contributed by atoms with Crippen molar-refractivity contribution < 1.29 is 23.1 Å². The minimum absolute atomic E-state index is 0.112. The number of amides is 2. The molecule has 9 heteroatoms. The summed E-state index contributed by atoms with van der Waals surface area (Å²) in [6, 6.07) is 12.3. The van der Waals surface area contributed by atoms with Crippen LogP contribution in [0.25, 0.3) is 6.08 Å². The number of guanidine groups is 1. The Hall–Kier alpha value is -3.75. The lowest BCUT2D eigenvalue weighted by molar-refractivity contribution is -0.123. The molecule has 2 aromatic rings. The molecule has 0 fully saturated rings. The summed E-state index contributed by atoms with van der Waals surface area (Å²) in [5.74, 6) is -2.47. The van der Waals surface area contributed by atoms with Crippen molar-refractivity contribution in [3.63, 3.8) is 0 Å². The average Bonchev–Trinajstić information content (AvgIpc) is 2.94. The van der Waals surface area contributed by atoms with E-state index in [2.05, 4.69) is 15.6 Å². The molecule has 1 aliphatic carbocycles. The van der Waals surface area contributed by atoms with E-state index in [0.29, 0.717) is 37.7 Å². The molecule has 2 aliphatic heterocycles. The van der Waals surface area contributed by atoms with E-state index in [1.807, 2.05) is 58.0 Å². The first-order valence-corrected chi connectivity index (χ1v) is 15.4. The van der Waals surface area contributed by atoms with E-state index in [1.165, 1.54) is 6.07 Å². The monoisotopic (exact) mass is 594 g/mol. The highest BCUT2D eigenvalue weighted by Gasteiger charge is 2.41. The van der Waals surface area contributed by atoms with Crippen LogP contribution >= 0.6 is 0 Å². The third-order valence-electron chi connectivity index (χ3n) is 8.06. The predicted molar refractivity (Wildman–Crippen MR) is 166 cm³/mol. The van der Waals surface area contributed by atoms with E-state index in [4.69, 9.17) is 10.5 Å². The van der Waals surface area contributed by atoms with Crippen LogP contribution in [0.4, 0.5) is 8.78 Å². The number of alkyl halides is 2. The van der Waals surface area contributed by atoms with Gasteiger partial charge in [-0.05, 0) is 68.7 Å². The van der Waals surface area contributed by atoms with Crippen molar-refractivity contribution >= 4 is 23.8 Å². The smallest absolute Gasteiger partial charge is 0.273 e. The standard InChI is InChI=1S/C32H38F2N4O3.C2H6/c1-31(2)19-26(37-28(39)14-12-21-15-22-8-4-6-10-25(22)32(33,34)18-21)24-16-20(11-13-27(24)41-31)7-3-5-9-23-17-29(40)38-30(35)36-23;1-2/h3-4,6-8,10-11,13,16,21,23,26H,5,9,12,14-15,17-19H2,1-2H3,(H,37,39)(H3,35,36,38,40);1-2H3/b7-3+;. The van der Waals surface area contributed by atoms with Crippen LogP contribution in [0.3, 0.4) is 0 Å². The molecule has 2 aromatic carbocycles. The molecule has 0 saturated carbocycles. The van der Waals surface area contributed by atoms with Gasteiger partial charge in [0, 0.05) is 36.8 Å². The van der Waals surface area contributed by atoms with Crippen molar-refractivity contribution in [2.24, 2.45) is 16.6 Å². The number of allylic oxidation sites excluding steroid dienone is 1. The summed E-state index contributed by atoms with van der Waals surface area (Å²) in [5.41, 5.74) is 7.86. The molecule has 0 aromatic heterocycles. The van der Waals surface area contributed by atoms with Crippen LogP contribution in [0.5, 0.6) is 5.75 Å². The highest BCUT2D eigenvalue weighted by Crippen LogP contribution is 2.44. The number of hydrogen-bond donors (Lipinski definition) is 3. The van der Waals surface area contributed by atoms with Gasteiger partial charge in [0.2, 0.25) is 11.8 Å². The number of carbonyl (C=O) groups excluding carboxylic acids is 2. The molecule has 43 heavy (non-hydrogen) atoms. The maximum absolute atomic E-state index is 14.7. The van der Waals surface area contributed by atoms with Crippen molar-refractivity contribution in [1.82, 2.24) is 10.6 Å². The molecule has 0 spiro atoms. The first-order chi connectivity index (χ1) is 20.5. The number of benzene rings is 2. The minimum Gasteiger partial charge on any atom is -0.487 e. The predicted octanol–water partition coefficient (Wildman–Crippen LogP) is 6.56. The summed E-state index contributed by atoms with van der Waals surface area (Å²) in [5, 5.41) is 5.67. The lowest BCUT2D eigenvalue weighted by atomic mass is 9.79. The Morgan fingerprint density at radius 1 is 1.14 bits per heavy atom. The topological polar surface area (TPSA) is 106 Å². The summed E-state index contributed by atoms with van der Waals surface area (Å²) in [6.45, 7) is 7.98. The molecule has 3 unspecified atom stereocenters. The number of aliphatic imine (C=N–C) groups is 1. The van der Waals surface area contributed by atoms with Crippen LogP contribution in [0.2, 0.25) is 0 Å². The summed E-state index contributed by atoms with van der Waals surface area (Å²) in [4.78, 5) is 29.0. The Bertz CT molecular complexity index is 1370. The SMILES string of the molecule is CC.CC1(C)CC(NC(=O)CCC2Cc3ccccc3C(F)(F)C2)c2cc(/C=C/CCC3CC(=O)NC(N)=N3)ccc2O1. The van der Waals surface area contributed by atoms with Crippen LogP contribution < -0.4 is 21.1 Å². The fraction of sp³-hybridized carbons (Fsp3) is 0.500. The Kier molecular flexibility index (Phi) is 10.2. The molecule has 2 amide bonds. The molecule has 4 N–H and O–H groups in total. The Balaban J connectivity index is 0.00000207. The van der Waals surface area contributed by atoms with Gasteiger partial charge in [-0.2, -0.15) is 0 Å². The van der Waals surface area contributed by atoms with Gasteiger partial charge in [0.05, 0.1) is 12.1 Å². The van der Waals surface area contributed by atoms with E-state index in [9.17, 15) is 18.4 Å². The quantitative estimate of drug-likeness (QED) is 0.322. The maximum Gasteiger partial charge on any atom is 0.273 e. The fourth-order valence-corrected chi connectivity index (χ4v) is 6.18. The summed E-state index contributed by atoms with van der Waals surface area (Å²) < 4.78 is 35.6. The van der Waals surface area contributed by atoms with E-state index in [1.54, 1.807) is 18.2 Å². The van der Waals surface area contributed by atoms with Gasteiger partial charge < -0.3 is 15.8 Å². The first-order valence-electron chi connectivity index (χ1n) is 15.4. The van der Waals surface area contributed by atoms with Crippen LogP contribution in [-0.2, 0) is 21.9 Å². The first kappa shape index (κ1) is 32.2. The molecule has 3 aliphatic rings. The second kappa shape index (κ2) is 13.7. The largest absolute Gasteiger partial charge is 0.487 e. The van der Waals surface area contributed by atoms with Crippen molar-refractivity contribution in [3.05, 3.63) is 70.8 Å². The highest BCUT2D eigenvalue weighted by molar-refractivity contribution is 5.98. The van der Waals surface area contributed by atoms with Crippen LogP contribution in [-0.4, -0.2) is 29.4 Å². The number of carbonyl (C=O) groups is 2. The van der Waals surface area contributed by atoms with E-state index in [0.717, 1.165) is 23.3 Å². The lowest BCUT2D eigenvalue weighted by Gasteiger charge is -2.38. The average molecular weight is 595 g/mol. The Morgan fingerprint density at radius 2 is 1.91 bits per heavy atom. The van der Waals surface area contributed by atoms with E-state index >= 15 is 0 Å².